The van der Waals surface area contributed by atoms with Gasteiger partial charge in [-0.3, -0.25) is 0 Å². The first kappa shape index (κ1) is 18.3. The Morgan fingerprint density at radius 3 is 2.64 bits per heavy atom. The number of rotatable bonds is 5. The van der Waals surface area contributed by atoms with E-state index in [9.17, 15) is 9.90 Å². The lowest BCUT2D eigenvalue weighted by molar-refractivity contribution is 0.0696. The van der Waals surface area contributed by atoms with Crippen molar-refractivity contribution in [3.05, 3.63) is 65.4 Å². The molecule has 0 saturated heterocycles. The van der Waals surface area contributed by atoms with Gasteiger partial charge < -0.3 is 16.6 Å². The van der Waals surface area contributed by atoms with Crippen molar-refractivity contribution >= 4 is 11.7 Å². The number of para-hydroxylation sites is 1. The smallest absolute Gasteiger partial charge is 0.337 e. The van der Waals surface area contributed by atoms with Crippen LogP contribution in [0.5, 0.6) is 0 Å². The van der Waals surface area contributed by atoms with Crippen molar-refractivity contribution in [2.24, 2.45) is 5.73 Å². The molecule has 0 radical (unpaired) electrons. The van der Waals surface area contributed by atoms with Crippen LogP contribution in [0.4, 0.5) is 5.69 Å². The lowest BCUT2D eigenvalue weighted by Crippen LogP contribution is -2.16. The van der Waals surface area contributed by atoms with E-state index in [2.05, 4.69) is 0 Å². The van der Waals surface area contributed by atoms with Gasteiger partial charge in [0.2, 0.25) is 0 Å². The summed E-state index contributed by atoms with van der Waals surface area (Å²) in [6, 6.07) is 14.7. The van der Waals surface area contributed by atoms with Gasteiger partial charge in [0.1, 0.15) is 0 Å². The first-order valence-electron chi connectivity index (χ1n) is 9.60. The van der Waals surface area contributed by atoms with Crippen LogP contribution in [-0.2, 0) is 6.42 Å². The van der Waals surface area contributed by atoms with E-state index < -0.39 is 5.97 Å². The number of anilines is 1. The summed E-state index contributed by atoms with van der Waals surface area (Å²) in [7, 11) is 0. The summed E-state index contributed by atoms with van der Waals surface area (Å²) in [5.74, 6) is -0.629. The molecular formula is C22H24N4O2. The summed E-state index contributed by atoms with van der Waals surface area (Å²) in [6.45, 7) is 0.613. The fraction of sp³-hybridized carbons (Fsp3) is 0.273. The van der Waals surface area contributed by atoms with E-state index in [1.165, 1.54) is 5.56 Å². The molecule has 0 spiro atoms. The molecule has 1 aliphatic carbocycles. The molecule has 0 aliphatic heterocycles. The number of carboxylic acid groups (broad SMARTS) is 1. The zero-order valence-corrected chi connectivity index (χ0v) is 15.6. The average molecular weight is 376 g/mol. The summed E-state index contributed by atoms with van der Waals surface area (Å²) in [5, 5.41) is 14.6. The Labute approximate surface area is 163 Å². The lowest BCUT2D eigenvalue weighted by atomic mass is 9.82. The third-order valence-corrected chi connectivity index (χ3v) is 5.46. The summed E-state index contributed by atoms with van der Waals surface area (Å²) < 4.78 is 1.83. The number of fused-ring (bicyclic) bond motifs is 1. The fourth-order valence-electron chi connectivity index (χ4n) is 4.18. The minimum absolute atomic E-state index is 0.248. The highest BCUT2D eigenvalue weighted by atomic mass is 16.4. The molecule has 6 heteroatoms. The van der Waals surface area contributed by atoms with E-state index in [-0.39, 0.29) is 5.56 Å². The Balaban J connectivity index is 1.96. The van der Waals surface area contributed by atoms with Crippen LogP contribution in [0.25, 0.3) is 16.9 Å². The van der Waals surface area contributed by atoms with Crippen molar-refractivity contribution in [2.75, 3.05) is 12.3 Å². The summed E-state index contributed by atoms with van der Waals surface area (Å²) in [6.07, 6.45) is 3.87. The summed E-state index contributed by atoms with van der Waals surface area (Å²) >= 11 is 0. The van der Waals surface area contributed by atoms with Crippen molar-refractivity contribution in [3.63, 3.8) is 0 Å². The number of nitrogen functional groups attached to an aromatic ring is 1. The van der Waals surface area contributed by atoms with Crippen molar-refractivity contribution in [2.45, 2.75) is 31.6 Å². The van der Waals surface area contributed by atoms with Gasteiger partial charge in [0.05, 0.1) is 16.9 Å². The van der Waals surface area contributed by atoms with Gasteiger partial charge >= 0.3 is 5.97 Å². The molecule has 28 heavy (non-hydrogen) atoms. The van der Waals surface area contributed by atoms with E-state index in [0.717, 1.165) is 42.6 Å². The SMILES string of the molecule is NCCC1CCCc2c1c(-c1ccc(N)cc1)nn2-c1ccccc1C(=O)O. The Bertz CT molecular complexity index is 1010. The molecule has 5 N–H and O–H groups in total. The molecule has 0 saturated carbocycles. The predicted octanol–water partition coefficient (Wildman–Crippen LogP) is 3.59. The molecule has 3 aromatic rings. The second-order valence-electron chi connectivity index (χ2n) is 7.23. The third kappa shape index (κ3) is 3.16. The zero-order chi connectivity index (χ0) is 19.7. The second-order valence-corrected chi connectivity index (χ2v) is 7.23. The summed E-state index contributed by atoms with van der Waals surface area (Å²) in [5.41, 5.74) is 17.5. The third-order valence-electron chi connectivity index (χ3n) is 5.46. The van der Waals surface area contributed by atoms with Gasteiger partial charge in [-0.1, -0.05) is 24.3 Å². The maximum Gasteiger partial charge on any atom is 0.337 e. The van der Waals surface area contributed by atoms with Gasteiger partial charge in [-0.2, -0.15) is 5.10 Å². The normalized spacial score (nSPS) is 16.0. The highest BCUT2D eigenvalue weighted by Gasteiger charge is 2.30. The van der Waals surface area contributed by atoms with Crippen LogP contribution < -0.4 is 11.5 Å². The number of nitrogens with zero attached hydrogens (tertiary/aromatic N) is 2. The number of aromatic nitrogens is 2. The molecule has 0 bridgehead atoms. The molecule has 144 valence electrons. The Kier molecular flexibility index (Phi) is 4.88. The number of carbonyl (C=O) groups is 1. The van der Waals surface area contributed by atoms with E-state index in [0.29, 0.717) is 23.8 Å². The van der Waals surface area contributed by atoms with Gasteiger partial charge in [0.15, 0.2) is 0 Å². The Morgan fingerprint density at radius 2 is 1.93 bits per heavy atom. The highest BCUT2D eigenvalue weighted by Crippen LogP contribution is 2.41. The topological polar surface area (TPSA) is 107 Å². The first-order valence-corrected chi connectivity index (χ1v) is 9.60. The minimum Gasteiger partial charge on any atom is -0.478 e. The van der Waals surface area contributed by atoms with Crippen LogP contribution in [0.15, 0.2) is 48.5 Å². The molecule has 6 nitrogen and oxygen atoms in total. The minimum atomic E-state index is -0.955. The molecule has 1 unspecified atom stereocenters. The second kappa shape index (κ2) is 7.48. The molecule has 1 aliphatic rings. The monoisotopic (exact) mass is 376 g/mol. The van der Waals surface area contributed by atoms with Crippen molar-refractivity contribution in [1.29, 1.82) is 0 Å². The molecule has 0 fully saturated rings. The molecular weight excluding hydrogens is 352 g/mol. The van der Waals surface area contributed by atoms with Crippen LogP contribution in [0.2, 0.25) is 0 Å². The van der Waals surface area contributed by atoms with E-state index >= 15 is 0 Å². The van der Waals surface area contributed by atoms with Crippen LogP contribution >= 0.6 is 0 Å². The van der Waals surface area contributed by atoms with Crippen LogP contribution in [0, 0.1) is 0 Å². The number of aromatic carboxylic acids is 1. The Morgan fingerprint density at radius 1 is 1.18 bits per heavy atom. The van der Waals surface area contributed by atoms with E-state index in [1.54, 1.807) is 12.1 Å². The van der Waals surface area contributed by atoms with Crippen molar-refractivity contribution in [1.82, 2.24) is 9.78 Å². The number of hydrogen-bond acceptors (Lipinski definition) is 4. The maximum atomic E-state index is 11.8. The molecule has 4 rings (SSSR count). The number of benzene rings is 2. The molecule has 2 aromatic carbocycles. The summed E-state index contributed by atoms with van der Waals surface area (Å²) in [4.78, 5) is 11.8. The van der Waals surface area contributed by atoms with Gasteiger partial charge in [-0.25, -0.2) is 9.48 Å². The number of carboxylic acids is 1. The van der Waals surface area contributed by atoms with Crippen molar-refractivity contribution < 1.29 is 9.90 Å². The zero-order valence-electron chi connectivity index (χ0n) is 15.6. The van der Waals surface area contributed by atoms with Gasteiger partial charge in [-0.15, -0.1) is 0 Å². The molecule has 0 amide bonds. The van der Waals surface area contributed by atoms with Gasteiger partial charge in [0.25, 0.3) is 0 Å². The van der Waals surface area contributed by atoms with E-state index in [4.69, 9.17) is 16.6 Å². The van der Waals surface area contributed by atoms with Crippen LogP contribution in [0.1, 0.15) is 46.8 Å². The van der Waals surface area contributed by atoms with Gasteiger partial charge in [-0.05, 0) is 62.4 Å². The lowest BCUT2D eigenvalue weighted by Gasteiger charge is -2.24. The van der Waals surface area contributed by atoms with Crippen LogP contribution in [0.3, 0.4) is 0 Å². The average Bonchev–Trinajstić information content (AvgIpc) is 3.09. The van der Waals surface area contributed by atoms with Crippen LogP contribution in [-0.4, -0.2) is 27.4 Å². The fourth-order valence-corrected chi connectivity index (χ4v) is 4.18. The number of nitrogens with two attached hydrogens (primary N) is 2. The Hall–Kier alpha value is -3.12. The van der Waals surface area contributed by atoms with E-state index in [1.807, 2.05) is 41.1 Å². The highest BCUT2D eigenvalue weighted by molar-refractivity contribution is 5.92. The first-order chi connectivity index (χ1) is 13.6. The van der Waals surface area contributed by atoms with Gasteiger partial charge in [0, 0.05) is 22.5 Å². The van der Waals surface area contributed by atoms with Crippen molar-refractivity contribution in [3.8, 4) is 16.9 Å². The quantitative estimate of drug-likeness (QED) is 0.590. The number of hydrogen-bond donors (Lipinski definition) is 3. The molecule has 1 aromatic heterocycles. The molecule has 1 atom stereocenters. The predicted molar refractivity (Wildman–Crippen MR) is 110 cm³/mol. The maximum absolute atomic E-state index is 11.8. The molecule has 1 heterocycles. The largest absolute Gasteiger partial charge is 0.478 e. The standard InChI is InChI=1S/C22H24N4O2/c23-13-12-14-4-3-7-19-20(14)21(15-8-10-16(24)11-9-15)25-26(19)18-6-2-1-5-17(18)22(27)28/h1-2,5-6,8-11,14H,3-4,7,12-13,23-24H2,(H,27,28).